The Morgan fingerprint density at radius 1 is 1.00 bits per heavy atom. The van der Waals surface area contributed by atoms with Crippen LogP contribution in [0.5, 0.6) is 5.75 Å². The van der Waals surface area contributed by atoms with Crippen LogP contribution in [-0.4, -0.2) is 27.0 Å². The van der Waals surface area contributed by atoms with E-state index in [1.54, 1.807) is 50.2 Å². The molecule has 0 radical (unpaired) electrons. The van der Waals surface area contributed by atoms with Gasteiger partial charge in [0.2, 0.25) is 10.0 Å². The molecule has 6 nitrogen and oxygen atoms in total. The SMILES string of the molecule is CC(C)NS(=O)(=O)Cc1ccc(CNC(=O)COc2ccccc2)cc1. The van der Waals surface area contributed by atoms with Crippen LogP contribution in [0.3, 0.4) is 0 Å². The van der Waals surface area contributed by atoms with E-state index in [0.717, 1.165) is 5.56 Å². The first-order chi connectivity index (χ1) is 12.3. The molecule has 0 aromatic heterocycles. The van der Waals surface area contributed by atoms with Gasteiger partial charge in [0.15, 0.2) is 6.61 Å². The maximum atomic E-state index is 11.9. The van der Waals surface area contributed by atoms with Gasteiger partial charge in [-0.3, -0.25) is 4.79 Å². The maximum absolute atomic E-state index is 11.9. The Morgan fingerprint density at radius 2 is 1.62 bits per heavy atom. The monoisotopic (exact) mass is 376 g/mol. The Bertz CT molecular complexity index is 803. The van der Waals surface area contributed by atoms with E-state index >= 15 is 0 Å². The highest BCUT2D eigenvalue weighted by Crippen LogP contribution is 2.09. The molecule has 1 amide bonds. The topological polar surface area (TPSA) is 84.5 Å². The number of benzene rings is 2. The van der Waals surface area contributed by atoms with E-state index in [1.807, 2.05) is 18.2 Å². The number of carbonyl (C=O) groups is 1. The van der Waals surface area contributed by atoms with Crippen molar-refractivity contribution in [2.45, 2.75) is 32.2 Å². The van der Waals surface area contributed by atoms with Gasteiger partial charge >= 0.3 is 0 Å². The summed E-state index contributed by atoms with van der Waals surface area (Å²) < 4.78 is 31.8. The van der Waals surface area contributed by atoms with Crippen LogP contribution in [0, 0.1) is 0 Å². The summed E-state index contributed by atoms with van der Waals surface area (Å²) in [4.78, 5) is 11.8. The number of hydrogen-bond acceptors (Lipinski definition) is 4. The Labute approximate surface area is 154 Å². The molecule has 2 rings (SSSR count). The number of nitrogens with one attached hydrogen (secondary N) is 2. The first kappa shape index (κ1) is 19.9. The summed E-state index contributed by atoms with van der Waals surface area (Å²) in [5.74, 6) is 0.354. The first-order valence-corrected chi connectivity index (χ1v) is 10.0. The predicted octanol–water partition coefficient (Wildman–Crippen LogP) is 2.21. The fourth-order valence-corrected chi connectivity index (χ4v) is 3.72. The van der Waals surface area contributed by atoms with Crippen LogP contribution < -0.4 is 14.8 Å². The van der Waals surface area contributed by atoms with Crippen molar-refractivity contribution in [1.82, 2.24) is 10.0 Å². The number of rotatable bonds is 9. The zero-order valence-electron chi connectivity index (χ0n) is 14.9. The molecule has 0 saturated heterocycles. The van der Waals surface area contributed by atoms with E-state index in [9.17, 15) is 13.2 Å². The molecule has 0 aliphatic heterocycles. The number of carbonyl (C=O) groups excluding carboxylic acids is 1. The highest BCUT2D eigenvalue weighted by atomic mass is 32.2. The van der Waals surface area contributed by atoms with Gasteiger partial charge in [-0.05, 0) is 37.1 Å². The maximum Gasteiger partial charge on any atom is 0.258 e. The molecule has 2 N–H and O–H groups in total. The Hall–Kier alpha value is -2.38. The normalized spacial score (nSPS) is 11.3. The van der Waals surface area contributed by atoms with Crippen molar-refractivity contribution in [2.24, 2.45) is 0 Å². The van der Waals surface area contributed by atoms with Crippen molar-refractivity contribution in [3.8, 4) is 5.75 Å². The average molecular weight is 376 g/mol. The summed E-state index contributed by atoms with van der Waals surface area (Å²) in [6.07, 6.45) is 0. The molecule has 0 bridgehead atoms. The van der Waals surface area contributed by atoms with Gasteiger partial charge in [0.25, 0.3) is 5.91 Å². The van der Waals surface area contributed by atoms with Crippen molar-refractivity contribution in [3.05, 3.63) is 65.7 Å². The molecule has 0 aliphatic carbocycles. The van der Waals surface area contributed by atoms with Gasteiger partial charge < -0.3 is 10.1 Å². The molecule has 0 aliphatic rings. The van der Waals surface area contributed by atoms with E-state index in [-0.39, 0.29) is 24.3 Å². The molecule has 0 atom stereocenters. The van der Waals surface area contributed by atoms with Crippen LogP contribution >= 0.6 is 0 Å². The van der Waals surface area contributed by atoms with E-state index < -0.39 is 10.0 Å². The summed E-state index contributed by atoms with van der Waals surface area (Å²) in [7, 11) is -3.34. The van der Waals surface area contributed by atoms with E-state index in [1.165, 1.54) is 0 Å². The Morgan fingerprint density at radius 3 is 2.23 bits per heavy atom. The van der Waals surface area contributed by atoms with Crippen molar-refractivity contribution < 1.29 is 17.9 Å². The fraction of sp³-hybridized carbons (Fsp3) is 0.316. The lowest BCUT2D eigenvalue weighted by atomic mass is 10.1. The number of ether oxygens (including phenoxy) is 1. The molecular weight excluding hydrogens is 352 g/mol. The van der Waals surface area contributed by atoms with Crippen molar-refractivity contribution >= 4 is 15.9 Å². The van der Waals surface area contributed by atoms with Crippen LogP contribution in [-0.2, 0) is 27.1 Å². The summed E-state index contributed by atoms with van der Waals surface area (Å²) in [5.41, 5.74) is 1.58. The lowest BCUT2D eigenvalue weighted by Crippen LogP contribution is -2.31. The molecule has 26 heavy (non-hydrogen) atoms. The van der Waals surface area contributed by atoms with Crippen LogP contribution in [0.15, 0.2) is 54.6 Å². The fourth-order valence-electron chi connectivity index (χ4n) is 2.29. The van der Waals surface area contributed by atoms with E-state index in [0.29, 0.717) is 17.9 Å². The van der Waals surface area contributed by atoms with Gasteiger partial charge in [-0.2, -0.15) is 0 Å². The molecule has 0 spiro atoms. The summed E-state index contributed by atoms with van der Waals surface area (Å²) in [6, 6.07) is 16.1. The third kappa shape index (κ3) is 7.25. The second kappa shape index (κ2) is 9.35. The minimum atomic E-state index is -3.34. The standard InChI is InChI=1S/C19H24N2O4S/c1-15(2)21-26(23,24)14-17-10-8-16(9-11-17)12-20-19(22)13-25-18-6-4-3-5-7-18/h3-11,15,21H,12-14H2,1-2H3,(H,20,22). The van der Waals surface area contributed by atoms with Gasteiger partial charge in [-0.1, -0.05) is 42.5 Å². The Balaban J connectivity index is 1.79. The Kier molecular flexibility index (Phi) is 7.17. The molecule has 0 heterocycles. The highest BCUT2D eigenvalue weighted by molar-refractivity contribution is 7.88. The van der Waals surface area contributed by atoms with Crippen molar-refractivity contribution in [2.75, 3.05) is 6.61 Å². The number of sulfonamides is 1. The van der Waals surface area contributed by atoms with Gasteiger partial charge in [0, 0.05) is 12.6 Å². The van der Waals surface area contributed by atoms with Gasteiger partial charge in [0.1, 0.15) is 5.75 Å². The third-order valence-electron chi connectivity index (χ3n) is 3.40. The molecule has 7 heteroatoms. The largest absolute Gasteiger partial charge is 0.484 e. The van der Waals surface area contributed by atoms with Gasteiger partial charge in [-0.15, -0.1) is 0 Å². The third-order valence-corrected chi connectivity index (χ3v) is 4.94. The smallest absolute Gasteiger partial charge is 0.258 e. The van der Waals surface area contributed by atoms with Crippen LogP contribution in [0.25, 0.3) is 0 Å². The lowest BCUT2D eigenvalue weighted by molar-refractivity contribution is -0.123. The van der Waals surface area contributed by atoms with Crippen LogP contribution in [0.1, 0.15) is 25.0 Å². The predicted molar refractivity (Wildman–Crippen MR) is 101 cm³/mol. The zero-order chi connectivity index (χ0) is 19.0. The number of hydrogen-bond donors (Lipinski definition) is 2. The van der Waals surface area contributed by atoms with Crippen molar-refractivity contribution in [3.63, 3.8) is 0 Å². The van der Waals surface area contributed by atoms with Crippen LogP contribution in [0.2, 0.25) is 0 Å². The van der Waals surface area contributed by atoms with Gasteiger partial charge in [0.05, 0.1) is 5.75 Å². The molecular formula is C19H24N2O4S. The molecule has 140 valence electrons. The molecule has 0 saturated carbocycles. The second-order valence-electron chi connectivity index (χ2n) is 6.23. The van der Waals surface area contributed by atoms with Crippen LogP contribution in [0.4, 0.5) is 0 Å². The first-order valence-electron chi connectivity index (χ1n) is 8.36. The molecule has 0 fully saturated rings. The summed E-state index contributed by atoms with van der Waals surface area (Å²) >= 11 is 0. The molecule has 2 aromatic rings. The summed E-state index contributed by atoms with van der Waals surface area (Å²) in [6.45, 7) is 3.87. The number of para-hydroxylation sites is 1. The second-order valence-corrected chi connectivity index (χ2v) is 7.98. The number of amides is 1. The quantitative estimate of drug-likeness (QED) is 0.703. The van der Waals surface area contributed by atoms with Gasteiger partial charge in [-0.25, -0.2) is 13.1 Å². The molecule has 2 aromatic carbocycles. The average Bonchev–Trinajstić information content (AvgIpc) is 2.59. The lowest BCUT2D eigenvalue weighted by Gasteiger charge is -2.10. The van der Waals surface area contributed by atoms with Crippen molar-refractivity contribution in [1.29, 1.82) is 0 Å². The highest BCUT2D eigenvalue weighted by Gasteiger charge is 2.12. The molecule has 0 unspecified atom stereocenters. The van der Waals surface area contributed by atoms with E-state index in [4.69, 9.17) is 4.74 Å². The zero-order valence-corrected chi connectivity index (χ0v) is 15.8. The summed E-state index contributed by atoms with van der Waals surface area (Å²) in [5, 5.41) is 2.77. The minimum Gasteiger partial charge on any atom is -0.484 e. The minimum absolute atomic E-state index is 0.0544. The van der Waals surface area contributed by atoms with E-state index in [2.05, 4.69) is 10.0 Å².